The summed E-state index contributed by atoms with van der Waals surface area (Å²) in [4.78, 5) is 5.06. The Labute approximate surface area is 99.7 Å². The van der Waals surface area contributed by atoms with E-state index in [4.69, 9.17) is 4.99 Å². The molecule has 4 saturated carbocycles. The predicted octanol–water partition coefficient (Wildman–Crippen LogP) is 4.07. The summed E-state index contributed by atoms with van der Waals surface area (Å²) < 4.78 is 0. The molecule has 4 aliphatic carbocycles. The largest absolute Gasteiger partial charge is 0.290 e. The van der Waals surface area contributed by atoms with Gasteiger partial charge in [-0.05, 0) is 61.7 Å². The van der Waals surface area contributed by atoms with Gasteiger partial charge in [-0.2, -0.15) is 0 Å². The van der Waals surface area contributed by atoms with Crippen molar-refractivity contribution in [1.82, 2.24) is 0 Å². The van der Waals surface area contributed by atoms with E-state index >= 15 is 0 Å². The molecule has 0 aromatic rings. The van der Waals surface area contributed by atoms with Gasteiger partial charge in [0, 0.05) is 6.21 Å². The lowest BCUT2D eigenvalue weighted by atomic mass is 9.53. The van der Waals surface area contributed by atoms with Crippen molar-refractivity contribution in [2.24, 2.45) is 28.2 Å². The molecule has 90 valence electrons. The standard InChI is InChI=1S/C15H25N/c1-14(2,3)10-16-15-7-11-4-12(8-15)6-13(5-11)9-15/h10-13H,4-9H2,1-3H3. The van der Waals surface area contributed by atoms with Crippen LogP contribution in [0.15, 0.2) is 4.99 Å². The van der Waals surface area contributed by atoms with E-state index in [1.165, 1.54) is 38.5 Å². The maximum Gasteiger partial charge on any atom is 0.0612 e. The first-order valence-corrected chi connectivity index (χ1v) is 7.01. The highest BCUT2D eigenvalue weighted by Gasteiger charge is 2.50. The van der Waals surface area contributed by atoms with Gasteiger partial charge in [0.15, 0.2) is 0 Å². The zero-order chi connectivity index (χ0) is 11.4. The van der Waals surface area contributed by atoms with Gasteiger partial charge in [-0.25, -0.2) is 0 Å². The summed E-state index contributed by atoms with van der Waals surface area (Å²) in [6.07, 6.45) is 11.0. The van der Waals surface area contributed by atoms with Crippen LogP contribution in [0, 0.1) is 23.2 Å². The van der Waals surface area contributed by atoms with Gasteiger partial charge in [0.25, 0.3) is 0 Å². The quantitative estimate of drug-likeness (QED) is 0.589. The van der Waals surface area contributed by atoms with Crippen LogP contribution in [0.2, 0.25) is 0 Å². The first-order chi connectivity index (χ1) is 7.44. The zero-order valence-corrected chi connectivity index (χ0v) is 11.0. The smallest absolute Gasteiger partial charge is 0.0612 e. The van der Waals surface area contributed by atoms with Gasteiger partial charge in [-0.3, -0.25) is 4.99 Å². The minimum absolute atomic E-state index is 0.253. The Morgan fingerprint density at radius 2 is 1.38 bits per heavy atom. The molecule has 4 fully saturated rings. The molecule has 0 aromatic heterocycles. The van der Waals surface area contributed by atoms with Crippen LogP contribution in [0.1, 0.15) is 59.3 Å². The second kappa shape index (κ2) is 3.34. The van der Waals surface area contributed by atoms with Crippen LogP contribution >= 0.6 is 0 Å². The molecule has 0 atom stereocenters. The topological polar surface area (TPSA) is 12.4 Å². The molecule has 4 rings (SSSR count). The van der Waals surface area contributed by atoms with Gasteiger partial charge in [0.05, 0.1) is 5.54 Å². The van der Waals surface area contributed by atoms with Crippen molar-refractivity contribution in [3.8, 4) is 0 Å². The lowest BCUT2D eigenvalue weighted by molar-refractivity contribution is 0.00161. The van der Waals surface area contributed by atoms with Crippen molar-refractivity contribution in [3.05, 3.63) is 0 Å². The van der Waals surface area contributed by atoms with Crippen molar-refractivity contribution in [3.63, 3.8) is 0 Å². The number of rotatable bonds is 1. The third kappa shape index (κ3) is 1.94. The molecule has 4 aliphatic rings. The molecule has 0 N–H and O–H groups in total. The van der Waals surface area contributed by atoms with E-state index in [1.807, 2.05) is 0 Å². The molecule has 4 bridgehead atoms. The highest BCUT2D eigenvalue weighted by atomic mass is 14.9. The lowest BCUT2D eigenvalue weighted by Gasteiger charge is -2.55. The Bertz CT molecular complexity index is 273. The summed E-state index contributed by atoms with van der Waals surface area (Å²) in [5.41, 5.74) is 0.630. The van der Waals surface area contributed by atoms with E-state index in [0.717, 1.165) is 17.8 Å². The molecule has 0 amide bonds. The Kier molecular flexibility index (Phi) is 2.25. The van der Waals surface area contributed by atoms with E-state index in [2.05, 4.69) is 27.0 Å². The van der Waals surface area contributed by atoms with Crippen molar-refractivity contribution in [2.75, 3.05) is 0 Å². The van der Waals surface area contributed by atoms with Crippen molar-refractivity contribution < 1.29 is 0 Å². The van der Waals surface area contributed by atoms with Gasteiger partial charge in [-0.1, -0.05) is 20.8 Å². The fourth-order valence-corrected chi connectivity index (χ4v) is 4.55. The first kappa shape index (κ1) is 10.8. The second-order valence-corrected chi connectivity index (χ2v) is 7.77. The van der Waals surface area contributed by atoms with E-state index in [-0.39, 0.29) is 5.41 Å². The predicted molar refractivity (Wildman–Crippen MR) is 68.9 cm³/mol. The summed E-state index contributed by atoms with van der Waals surface area (Å²) in [7, 11) is 0. The maximum absolute atomic E-state index is 5.06. The summed E-state index contributed by atoms with van der Waals surface area (Å²) >= 11 is 0. The normalized spacial score (nSPS) is 46.8. The van der Waals surface area contributed by atoms with Gasteiger partial charge < -0.3 is 0 Å². The molecule has 1 nitrogen and oxygen atoms in total. The van der Waals surface area contributed by atoms with E-state index in [9.17, 15) is 0 Å². The van der Waals surface area contributed by atoms with E-state index in [0.29, 0.717) is 5.54 Å². The average Bonchev–Trinajstić information content (AvgIpc) is 2.11. The van der Waals surface area contributed by atoms with Crippen LogP contribution in [0.3, 0.4) is 0 Å². The zero-order valence-electron chi connectivity index (χ0n) is 11.0. The molecule has 16 heavy (non-hydrogen) atoms. The van der Waals surface area contributed by atoms with Crippen molar-refractivity contribution in [2.45, 2.75) is 64.8 Å². The van der Waals surface area contributed by atoms with Gasteiger partial charge in [0.2, 0.25) is 0 Å². The van der Waals surface area contributed by atoms with Crippen LogP contribution in [0.25, 0.3) is 0 Å². The summed E-state index contributed by atoms with van der Waals surface area (Å²) in [6, 6.07) is 0. The molecular weight excluding hydrogens is 194 g/mol. The second-order valence-electron chi connectivity index (χ2n) is 7.77. The molecule has 0 heterocycles. The van der Waals surface area contributed by atoms with Crippen LogP contribution in [0.5, 0.6) is 0 Å². The van der Waals surface area contributed by atoms with Crippen molar-refractivity contribution in [1.29, 1.82) is 0 Å². The fourth-order valence-electron chi connectivity index (χ4n) is 4.55. The Morgan fingerprint density at radius 3 is 1.75 bits per heavy atom. The molecule has 0 radical (unpaired) electrons. The molecule has 0 saturated heterocycles. The minimum atomic E-state index is 0.253. The van der Waals surface area contributed by atoms with Gasteiger partial charge in [-0.15, -0.1) is 0 Å². The molecule has 0 unspecified atom stereocenters. The first-order valence-electron chi connectivity index (χ1n) is 7.01. The maximum atomic E-state index is 5.06. The van der Waals surface area contributed by atoms with Gasteiger partial charge >= 0.3 is 0 Å². The molecule has 1 heteroatoms. The number of nitrogens with zero attached hydrogens (tertiary/aromatic N) is 1. The number of aliphatic imine (C=N–C) groups is 1. The molecule has 0 spiro atoms. The fraction of sp³-hybridized carbons (Fsp3) is 0.933. The summed E-state index contributed by atoms with van der Waals surface area (Å²) in [5, 5.41) is 0. The molecular formula is C15H25N. The summed E-state index contributed by atoms with van der Waals surface area (Å²) in [5.74, 6) is 3.05. The average molecular weight is 219 g/mol. The lowest BCUT2D eigenvalue weighted by Crippen LogP contribution is -2.49. The third-order valence-corrected chi connectivity index (χ3v) is 4.73. The van der Waals surface area contributed by atoms with Crippen LogP contribution in [-0.4, -0.2) is 11.8 Å². The molecule has 0 aromatic carbocycles. The Balaban J connectivity index is 1.81. The van der Waals surface area contributed by atoms with E-state index in [1.54, 1.807) is 0 Å². The van der Waals surface area contributed by atoms with E-state index < -0.39 is 0 Å². The highest BCUT2D eigenvalue weighted by molar-refractivity contribution is 5.64. The van der Waals surface area contributed by atoms with Crippen LogP contribution < -0.4 is 0 Å². The Morgan fingerprint density at radius 1 is 0.938 bits per heavy atom. The minimum Gasteiger partial charge on any atom is -0.290 e. The monoisotopic (exact) mass is 219 g/mol. The summed E-state index contributed by atoms with van der Waals surface area (Å²) in [6.45, 7) is 6.78. The number of hydrogen-bond donors (Lipinski definition) is 0. The SMILES string of the molecule is CC(C)(C)C=NC12CC3CC(CC(C3)C1)C2. The van der Waals surface area contributed by atoms with Crippen LogP contribution in [0.4, 0.5) is 0 Å². The van der Waals surface area contributed by atoms with Crippen molar-refractivity contribution >= 4 is 6.21 Å². The Hall–Kier alpha value is -0.330. The number of hydrogen-bond acceptors (Lipinski definition) is 1. The van der Waals surface area contributed by atoms with Crippen LogP contribution in [-0.2, 0) is 0 Å². The third-order valence-electron chi connectivity index (χ3n) is 4.73. The molecule has 0 aliphatic heterocycles. The van der Waals surface area contributed by atoms with Gasteiger partial charge in [0.1, 0.15) is 0 Å². The highest BCUT2D eigenvalue weighted by Crippen LogP contribution is 2.57.